The van der Waals surface area contributed by atoms with Gasteiger partial charge in [0.1, 0.15) is 5.82 Å². The monoisotopic (exact) mass is 273 g/mol. The first-order valence-corrected chi connectivity index (χ1v) is 6.10. The lowest BCUT2D eigenvalue weighted by atomic mass is 10.0. The number of nitrogens with zero attached hydrogens (tertiary/aromatic N) is 1. The number of hydrogen-bond acceptors (Lipinski definition) is 1. The summed E-state index contributed by atoms with van der Waals surface area (Å²) in [6.45, 7) is 0. The quantitative estimate of drug-likeness (QED) is 0.487. The van der Waals surface area contributed by atoms with Crippen LogP contribution in [-0.2, 0) is 0 Å². The van der Waals surface area contributed by atoms with E-state index in [-0.39, 0.29) is 5.02 Å². The van der Waals surface area contributed by atoms with Crippen LogP contribution in [-0.4, -0.2) is 0 Å². The van der Waals surface area contributed by atoms with Gasteiger partial charge in [0.05, 0.1) is 16.0 Å². The molecule has 0 N–H and O–H groups in total. The fourth-order valence-electron chi connectivity index (χ4n) is 2.15. The number of hydrogen-bond donors (Lipinski definition) is 0. The molecule has 3 rings (SSSR count). The smallest absolute Gasteiger partial charge is 0.189 e. The molecule has 94 valence electrons. The normalized spacial score (nSPS) is 10.8. The minimum Gasteiger partial charge on any atom is -0.619 e. The first-order valence-electron chi connectivity index (χ1n) is 5.72. The molecule has 0 saturated heterocycles. The van der Waals surface area contributed by atoms with E-state index in [1.165, 1.54) is 24.5 Å². The molecule has 0 spiro atoms. The maximum Gasteiger partial charge on any atom is 0.189 e. The fraction of sp³-hybridized carbons (Fsp3) is 0. The van der Waals surface area contributed by atoms with Crippen LogP contribution in [0.1, 0.15) is 0 Å². The number of rotatable bonds is 1. The highest BCUT2D eigenvalue weighted by atomic mass is 35.5. The zero-order chi connectivity index (χ0) is 13.4. The Bertz CT molecular complexity index is 759. The van der Waals surface area contributed by atoms with E-state index in [1.54, 1.807) is 0 Å². The van der Waals surface area contributed by atoms with Crippen molar-refractivity contribution in [3.63, 3.8) is 0 Å². The van der Waals surface area contributed by atoms with Gasteiger partial charge in [0.2, 0.25) is 0 Å². The molecule has 0 aliphatic carbocycles. The Morgan fingerprint density at radius 1 is 1.00 bits per heavy atom. The SMILES string of the molecule is [O-][n+]1cc(-c2ccccc2)c2cc(F)cc(Cl)c2c1. The standard InChI is InChI=1S/C15H9ClFNO/c16-15-7-11(17)6-12-13(8-18(19)9-14(12)15)10-4-2-1-3-5-10/h1-9H. The second-order valence-corrected chi connectivity index (χ2v) is 4.65. The summed E-state index contributed by atoms with van der Waals surface area (Å²) in [5.74, 6) is -0.418. The molecule has 2 aromatic carbocycles. The summed E-state index contributed by atoms with van der Waals surface area (Å²) >= 11 is 6.00. The van der Waals surface area contributed by atoms with Crippen molar-refractivity contribution in [2.24, 2.45) is 0 Å². The average molecular weight is 274 g/mol. The van der Waals surface area contributed by atoms with Crippen molar-refractivity contribution in [2.45, 2.75) is 0 Å². The van der Waals surface area contributed by atoms with Crippen LogP contribution in [0, 0.1) is 11.0 Å². The molecular formula is C15H9ClFNO. The van der Waals surface area contributed by atoms with Gasteiger partial charge in [0.25, 0.3) is 0 Å². The van der Waals surface area contributed by atoms with Gasteiger partial charge in [-0.3, -0.25) is 0 Å². The van der Waals surface area contributed by atoms with Crippen molar-refractivity contribution in [3.05, 3.63) is 70.9 Å². The van der Waals surface area contributed by atoms with Crippen LogP contribution in [0.3, 0.4) is 0 Å². The van der Waals surface area contributed by atoms with Gasteiger partial charge < -0.3 is 5.21 Å². The van der Waals surface area contributed by atoms with Crippen LogP contribution in [0.25, 0.3) is 21.9 Å². The summed E-state index contributed by atoms with van der Waals surface area (Å²) in [4.78, 5) is 0. The molecule has 0 amide bonds. The Kier molecular flexibility index (Phi) is 2.84. The van der Waals surface area contributed by atoms with E-state index in [2.05, 4.69) is 0 Å². The predicted octanol–water partition coefficient (Wildman–Crippen LogP) is 3.93. The molecule has 19 heavy (non-hydrogen) atoms. The minimum absolute atomic E-state index is 0.234. The zero-order valence-electron chi connectivity index (χ0n) is 9.81. The number of fused-ring (bicyclic) bond motifs is 1. The number of benzene rings is 2. The summed E-state index contributed by atoms with van der Waals surface area (Å²) in [7, 11) is 0. The van der Waals surface area contributed by atoms with Gasteiger partial charge in [-0.2, -0.15) is 4.73 Å². The third kappa shape index (κ3) is 2.13. The van der Waals surface area contributed by atoms with Crippen LogP contribution >= 0.6 is 11.6 Å². The van der Waals surface area contributed by atoms with Crippen LogP contribution in [0.4, 0.5) is 4.39 Å². The van der Waals surface area contributed by atoms with Gasteiger partial charge in [0.15, 0.2) is 12.4 Å². The maximum atomic E-state index is 13.5. The predicted molar refractivity (Wildman–Crippen MR) is 73.3 cm³/mol. The van der Waals surface area contributed by atoms with Crippen molar-refractivity contribution in [3.8, 4) is 11.1 Å². The van der Waals surface area contributed by atoms with Crippen molar-refractivity contribution in [2.75, 3.05) is 0 Å². The molecule has 0 aliphatic heterocycles. The Balaban J connectivity index is 2.42. The lowest BCUT2D eigenvalue weighted by Crippen LogP contribution is -2.24. The van der Waals surface area contributed by atoms with Crippen molar-refractivity contribution in [1.29, 1.82) is 0 Å². The number of pyridine rings is 1. The third-order valence-electron chi connectivity index (χ3n) is 2.98. The van der Waals surface area contributed by atoms with E-state index < -0.39 is 5.82 Å². The van der Waals surface area contributed by atoms with Crippen LogP contribution in [0.15, 0.2) is 54.9 Å². The Morgan fingerprint density at radius 3 is 2.47 bits per heavy atom. The van der Waals surface area contributed by atoms with E-state index in [4.69, 9.17) is 11.6 Å². The Labute approximate surface area is 114 Å². The second-order valence-electron chi connectivity index (χ2n) is 4.25. The van der Waals surface area contributed by atoms with E-state index in [0.717, 1.165) is 5.56 Å². The van der Waals surface area contributed by atoms with Crippen molar-refractivity contribution < 1.29 is 9.12 Å². The van der Waals surface area contributed by atoms with Crippen LogP contribution < -0.4 is 4.73 Å². The molecule has 1 aromatic heterocycles. The Morgan fingerprint density at radius 2 is 1.74 bits per heavy atom. The lowest BCUT2D eigenvalue weighted by molar-refractivity contribution is -0.603. The highest BCUT2D eigenvalue weighted by molar-refractivity contribution is 6.35. The van der Waals surface area contributed by atoms with Gasteiger partial charge >= 0.3 is 0 Å². The number of aromatic nitrogens is 1. The molecule has 0 unspecified atom stereocenters. The van der Waals surface area contributed by atoms with E-state index in [0.29, 0.717) is 21.1 Å². The van der Waals surface area contributed by atoms with Gasteiger partial charge in [-0.05, 0) is 17.7 Å². The molecule has 1 heterocycles. The molecule has 0 fully saturated rings. The minimum atomic E-state index is -0.418. The summed E-state index contributed by atoms with van der Waals surface area (Å²) < 4.78 is 14.2. The molecule has 4 heteroatoms. The van der Waals surface area contributed by atoms with Crippen LogP contribution in [0.2, 0.25) is 5.02 Å². The molecule has 0 radical (unpaired) electrons. The molecular weight excluding hydrogens is 265 g/mol. The van der Waals surface area contributed by atoms with Crippen LogP contribution in [0.5, 0.6) is 0 Å². The molecule has 2 nitrogen and oxygen atoms in total. The maximum absolute atomic E-state index is 13.5. The molecule has 0 saturated carbocycles. The van der Waals surface area contributed by atoms with Crippen molar-refractivity contribution in [1.82, 2.24) is 0 Å². The molecule has 0 aliphatic rings. The molecule has 0 bridgehead atoms. The highest BCUT2D eigenvalue weighted by Crippen LogP contribution is 2.31. The largest absolute Gasteiger partial charge is 0.619 e. The number of halogens is 2. The van der Waals surface area contributed by atoms with Gasteiger partial charge in [-0.25, -0.2) is 4.39 Å². The van der Waals surface area contributed by atoms with Gasteiger partial charge in [-0.15, -0.1) is 0 Å². The topological polar surface area (TPSA) is 26.9 Å². The van der Waals surface area contributed by atoms with E-state index >= 15 is 0 Å². The Hall–Kier alpha value is -2.13. The van der Waals surface area contributed by atoms with Crippen molar-refractivity contribution >= 4 is 22.4 Å². The highest BCUT2D eigenvalue weighted by Gasteiger charge is 2.13. The summed E-state index contributed by atoms with van der Waals surface area (Å²) in [5.41, 5.74) is 1.51. The molecule has 0 atom stereocenters. The zero-order valence-corrected chi connectivity index (χ0v) is 10.6. The van der Waals surface area contributed by atoms with E-state index in [1.807, 2.05) is 30.3 Å². The first kappa shape index (κ1) is 11.9. The average Bonchev–Trinajstić information content (AvgIpc) is 2.40. The third-order valence-corrected chi connectivity index (χ3v) is 3.29. The van der Waals surface area contributed by atoms with E-state index in [9.17, 15) is 9.60 Å². The summed E-state index contributed by atoms with van der Waals surface area (Å²) in [5, 5.41) is 13.1. The molecule has 3 aromatic rings. The summed E-state index contributed by atoms with van der Waals surface area (Å²) in [6, 6.07) is 11.9. The first-order chi connectivity index (χ1) is 9.15. The van der Waals surface area contributed by atoms with Gasteiger partial charge in [-0.1, -0.05) is 41.9 Å². The summed E-state index contributed by atoms with van der Waals surface area (Å²) in [6.07, 6.45) is 2.77. The lowest BCUT2D eigenvalue weighted by Gasteiger charge is -2.08. The second kappa shape index (κ2) is 4.52. The fourth-order valence-corrected chi connectivity index (χ4v) is 2.40. The van der Waals surface area contributed by atoms with Gasteiger partial charge in [0, 0.05) is 5.39 Å².